The zero-order chi connectivity index (χ0) is 12.4. The van der Waals surface area contributed by atoms with Gasteiger partial charge in [0.25, 0.3) is 0 Å². The third-order valence-electron chi connectivity index (χ3n) is 2.06. The molecule has 0 aromatic rings. The normalized spacial score (nSPS) is 11.6. The van der Waals surface area contributed by atoms with Crippen LogP contribution in [-0.4, -0.2) is 24.1 Å². The lowest BCUT2D eigenvalue weighted by molar-refractivity contribution is 0.136. The maximum atomic E-state index is 11.6. The molecule has 0 bridgehead atoms. The summed E-state index contributed by atoms with van der Waals surface area (Å²) < 4.78 is 5.17. The van der Waals surface area contributed by atoms with Crippen LogP contribution in [0.4, 0.5) is 4.79 Å². The number of rotatable bonds is 6. The lowest BCUT2D eigenvalue weighted by Crippen LogP contribution is -2.30. The van der Waals surface area contributed by atoms with Gasteiger partial charge in [0.2, 0.25) is 0 Å². The molecular weight excluding hydrogens is 202 g/mol. The minimum absolute atomic E-state index is 0.332. The first kappa shape index (κ1) is 14.5. The van der Waals surface area contributed by atoms with Gasteiger partial charge in [0.1, 0.15) is 5.76 Å². The molecule has 0 fully saturated rings. The van der Waals surface area contributed by atoms with E-state index in [0.29, 0.717) is 18.8 Å². The second kappa shape index (κ2) is 8.77. The summed E-state index contributed by atoms with van der Waals surface area (Å²) in [5.74, 6) is 0.474. The van der Waals surface area contributed by atoms with Crippen molar-refractivity contribution in [3.05, 3.63) is 36.6 Å². The van der Waals surface area contributed by atoms with Crippen LogP contribution in [0.25, 0.3) is 0 Å². The van der Waals surface area contributed by atoms with Crippen LogP contribution in [0.2, 0.25) is 0 Å². The van der Waals surface area contributed by atoms with Gasteiger partial charge in [0, 0.05) is 13.1 Å². The van der Waals surface area contributed by atoms with Crippen molar-refractivity contribution in [2.24, 2.45) is 0 Å². The molecule has 0 aromatic carbocycles. The van der Waals surface area contributed by atoms with Gasteiger partial charge >= 0.3 is 6.09 Å². The van der Waals surface area contributed by atoms with Gasteiger partial charge in [-0.05, 0) is 32.4 Å². The van der Waals surface area contributed by atoms with Crippen LogP contribution in [0.15, 0.2) is 36.6 Å². The molecule has 0 unspecified atom stereocenters. The highest BCUT2D eigenvalue weighted by molar-refractivity contribution is 5.69. The summed E-state index contributed by atoms with van der Waals surface area (Å²) in [6.45, 7) is 10.8. The molecule has 0 saturated carbocycles. The topological polar surface area (TPSA) is 29.5 Å². The van der Waals surface area contributed by atoms with E-state index in [1.54, 1.807) is 11.0 Å². The molecule has 0 aliphatic heterocycles. The van der Waals surface area contributed by atoms with Crippen LogP contribution in [0.1, 0.15) is 27.2 Å². The molecule has 90 valence electrons. The fraction of sp³-hybridized carbons (Fsp3) is 0.462. The van der Waals surface area contributed by atoms with Crippen LogP contribution >= 0.6 is 0 Å². The van der Waals surface area contributed by atoms with E-state index in [2.05, 4.69) is 6.58 Å². The van der Waals surface area contributed by atoms with E-state index >= 15 is 0 Å². The molecule has 0 radical (unpaired) electrons. The summed E-state index contributed by atoms with van der Waals surface area (Å²) in [4.78, 5) is 13.2. The SMILES string of the molecule is C=CC(=CC=CCC)OC(=O)N(CC)CC. The molecule has 1 amide bonds. The van der Waals surface area contributed by atoms with E-state index in [1.807, 2.05) is 32.9 Å². The van der Waals surface area contributed by atoms with Crippen LogP contribution in [0.5, 0.6) is 0 Å². The molecule has 0 aliphatic carbocycles. The predicted molar refractivity (Wildman–Crippen MR) is 67.1 cm³/mol. The maximum Gasteiger partial charge on any atom is 0.415 e. The van der Waals surface area contributed by atoms with Gasteiger partial charge < -0.3 is 9.64 Å². The highest BCUT2D eigenvalue weighted by Crippen LogP contribution is 2.04. The van der Waals surface area contributed by atoms with E-state index < -0.39 is 0 Å². The Morgan fingerprint density at radius 3 is 2.38 bits per heavy atom. The molecule has 3 heteroatoms. The summed E-state index contributed by atoms with van der Waals surface area (Å²) >= 11 is 0. The Kier molecular flexibility index (Phi) is 7.94. The molecule has 0 spiro atoms. The number of nitrogens with zero attached hydrogens (tertiary/aromatic N) is 1. The monoisotopic (exact) mass is 223 g/mol. The molecule has 0 atom stereocenters. The minimum atomic E-state index is -0.332. The Morgan fingerprint density at radius 2 is 1.94 bits per heavy atom. The third kappa shape index (κ3) is 5.39. The van der Waals surface area contributed by atoms with Crippen molar-refractivity contribution in [1.29, 1.82) is 0 Å². The lowest BCUT2D eigenvalue weighted by Gasteiger charge is -2.17. The van der Waals surface area contributed by atoms with E-state index in [-0.39, 0.29) is 6.09 Å². The molecule has 0 aliphatic rings. The van der Waals surface area contributed by atoms with E-state index in [9.17, 15) is 4.79 Å². The smallest absolute Gasteiger partial charge is 0.410 e. The van der Waals surface area contributed by atoms with Gasteiger partial charge in [0.05, 0.1) is 0 Å². The van der Waals surface area contributed by atoms with E-state index in [4.69, 9.17) is 4.74 Å². The minimum Gasteiger partial charge on any atom is -0.410 e. The number of carbonyl (C=O) groups excluding carboxylic acids is 1. The van der Waals surface area contributed by atoms with Crippen molar-refractivity contribution in [2.75, 3.05) is 13.1 Å². The predicted octanol–water partition coefficient (Wildman–Crippen LogP) is 3.50. The van der Waals surface area contributed by atoms with Crippen molar-refractivity contribution in [2.45, 2.75) is 27.2 Å². The quantitative estimate of drug-likeness (QED) is 0.509. The standard InChI is InChI=1S/C13H21NO2/c1-5-9-10-11-12(6-2)16-13(15)14(7-3)8-4/h6,9-11H,2,5,7-8H2,1,3-4H3. The Bertz CT molecular complexity index is 276. The van der Waals surface area contributed by atoms with Crippen LogP contribution in [0, 0.1) is 0 Å². The van der Waals surface area contributed by atoms with Gasteiger partial charge in [-0.2, -0.15) is 0 Å². The first-order valence-corrected chi connectivity index (χ1v) is 5.65. The molecule has 0 N–H and O–H groups in total. The first-order chi connectivity index (χ1) is 7.69. The Morgan fingerprint density at radius 1 is 1.31 bits per heavy atom. The van der Waals surface area contributed by atoms with Crippen molar-refractivity contribution >= 4 is 6.09 Å². The maximum absolute atomic E-state index is 11.6. The number of amides is 1. The molecule has 0 aromatic heterocycles. The van der Waals surface area contributed by atoms with Gasteiger partial charge in [-0.15, -0.1) is 0 Å². The number of carbonyl (C=O) groups is 1. The van der Waals surface area contributed by atoms with Gasteiger partial charge in [-0.25, -0.2) is 4.79 Å². The number of allylic oxidation sites excluding steroid dienone is 4. The molecule has 0 saturated heterocycles. The second-order valence-electron chi connectivity index (χ2n) is 3.15. The zero-order valence-electron chi connectivity index (χ0n) is 10.4. The number of hydrogen-bond acceptors (Lipinski definition) is 2. The third-order valence-corrected chi connectivity index (χ3v) is 2.06. The summed E-state index contributed by atoms with van der Waals surface area (Å²) in [6, 6.07) is 0. The highest BCUT2D eigenvalue weighted by atomic mass is 16.6. The van der Waals surface area contributed by atoms with E-state index in [0.717, 1.165) is 6.42 Å². The number of hydrogen-bond donors (Lipinski definition) is 0. The average Bonchev–Trinajstić information content (AvgIpc) is 2.29. The van der Waals surface area contributed by atoms with Crippen molar-refractivity contribution in [3.8, 4) is 0 Å². The zero-order valence-corrected chi connectivity index (χ0v) is 10.4. The number of ether oxygens (including phenoxy) is 1. The molecule has 0 heterocycles. The summed E-state index contributed by atoms with van der Waals surface area (Å²) in [5.41, 5.74) is 0. The Labute approximate surface area is 98.1 Å². The summed E-state index contributed by atoms with van der Waals surface area (Å²) in [6.07, 6.45) is 7.71. The van der Waals surface area contributed by atoms with Crippen molar-refractivity contribution in [1.82, 2.24) is 4.90 Å². The summed E-state index contributed by atoms with van der Waals surface area (Å²) in [5, 5.41) is 0. The fourth-order valence-electron chi connectivity index (χ4n) is 1.09. The molecular formula is C13H21NO2. The largest absolute Gasteiger partial charge is 0.415 e. The van der Waals surface area contributed by atoms with Crippen LogP contribution < -0.4 is 0 Å². The van der Waals surface area contributed by atoms with Gasteiger partial charge in [-0.1, -0.05) is 25.7 Å². The van der Waals surface area contributed by atoms with Crippen LogP contribution in [-0.2, 0) is 4.74 Å². The average molecular weight is 223 g/mol. The van der Waals surface area contributed by atoms with E-state index in [1.165, 1.54) is 6.08 Å². The fourth-order valence-corrected chi connectivity index (χ4v) is 1.09. The van der Waals surface area contributed by atoms with Crippen molar-refractivity contribution in [3.63, 3.8) is 0 Å². The molecule has 3 nitrogen and oxygen atoms in total. The van der Waals surface area contributed by atoms with Gasteiger partial charge in [-0.3, -0.25) is 0 Å². The van der Waals surface area contributed by atoms with Crippen LogP contribution in [0.3, 0.4) is 0 Å². The second-order valence-corrected chi connectivity index (χ2v) is 3.15. The van der Waals surface area contributed by atoms with Gasteiger partial charge in [0.15, 0.2) is 0 Å². The molecule has 0 rings (SSSR count). The molecule has 16 heavy (non-hydrogen) atoms. The van der Waals surface area contributed by atoms with Crippen molar-refractivity contribution < 1.29 is 9.53 Å². The Balaban J connectivity index is 4.42. The summed E-state index contributed by atoms with van der Waals surface area (Å²) in [7, 11) is 0. The Hall–Kier alpha value is -1.51. The first-order valence-electron chi connectivity index (χ1n) is 5.65. The lowest BCUT2D eigenvalue weighted by atomic mass is 10.3. The highest BCUT2D eigenvalue weighted by Gasteiger charge is 2.11.